The minimum absolute atomic E-state index is 0.300. The molecule has 1 rings (SSSR count). The Bertz CT molecular complexity index is 294. The number of aliphatic carboxylic acids is 1. The second kappa shape index (κ2) is 6.02. The molecule has 4 heteroatoms. The van der Waals surface area contributed by atoms with Crippen LogP contribution in [0.5, 0.6) is 0 Å². The highest BCUT2D eigenvalue weighted by Crippen LogP contribution is 2.30. The van der Waals surface area contributed by atoms with Gasteiger partial charge in [0.1, 0.15) is 5.54 Å². The number of carbonyl (C=O) groups is 1. The number of nitrogens with two attached hydrogens (primary N) is 1. The molecule has 3 N–H and O–H groups in total. The van der Waals surface area contributed by atoms with Crippen LogP contribution in [0.2, 0.25) is 0 Å². The monoisotopic (exact) mass is 256 g/mol. The van der Waals surface area contributed by atoms with Crippen molar-refractivity contribution >= 4 is 5.97 Å². The molecule has 4 nitrogen and oxygen atoms in total. The van der Waals surface area contributed by atoms with Crippen LogP contribution in [0.15, 0.2) is 0 Å². The maximum absolute atomic E-state index is 11.2. The van der Waals surface area contributed by atoms with Crippen LogP contribution < -0.4 is 5.73 Å². The molecule has 0 aromatic carbocycles. The lowest BCUT2D eigenvalue weighted by molar-refractivity contribution is -0.145. The molecule has 0 aromatic rings. The summed E-state index contributed by atoms with van der Waals surface area (Å²) >= 11 is 0. The van der Waals surface area contributed by atoms with E-state index in [-0.39, 0.29) is 0 Å². The topological polar surface area (TPSA) is 66.6 Å². The maximum atomic E-state index is 11.2. The molecule has 1 aliphatic carbocycles. The third-order valence-corrected chi connectivity index (χ3v) is 4.27. The molecule has 3 atom stereocenters. The molecule has 106 valence electrons. The summed E-state index contributed by atoms with van der Waals surface area (Å²) in [6.45, 7) is 6.65. The van der Waals surface area contributed by atoms with Gasteiger partial charge < -0.3 is 15.7 Å². The molecule has 18 heavy (non-hydrogen) atoms. The molecular formula is C14H28N2O2. The van der Waals surface area contributed by atoms with Gasteiger partial charge in [-0.1, -0.05) is 13.8 Å². The molecule has 0 bridgehead atoms. The lowest BCUT2D eigenvalue weighted by Gasteiger charge is -2.41. The Hall–Kier alpha value is -0.610. The number of nitrogens with zero attached hydrogens (tertiary/aromatic N) is 1. The van der Waals surface area contributed by atoms with Gasteiger partial charge in [-0.3, -0.25) is 4.79 Å². The van der Waals surface area contributed by atoms with Crippen LogP contribution in [-0.2, 0) is 4.79 Å². The second-order valence-corrected chi connectivity index (χ2v) is 6.36. The number of carboxylic acid groups (broad SMARTS) is 1. The van der Waals surface area contributed by atoms with Crippen LogP contribution in [0.1, 0.15) is 52.9 Å². The van der Waals surface area contributed by atoms with Crippen molar-refractivity contribution in [1.29, 1.82) is 0 Å². The van der Waals surface area contributed by atoms with Crippen LogP contribution in [0.4, 0.5) is 0 Å². The first kappa shape index (κ1) is 15.4. The van der Waals surface area contributed by atoms with Crippen LogP contribution >= 0.6 is 0 Å². The molecule has 0 heterocycles. The third kappa shape index (κ3) is 3.69. The molecule has 0 saturated heterocycles. The van der Waals surface area contributed by atoms with Gasteiger partial charge in [0.15, 0.2) is 0 Å². The van der Waals surface area contributed by atoms with E-state index in [0.29, 0.717) is 30.8 Å². The van der Waals surface area contributed by atoms with Gasteiger partial charge in [0.05, 0.1) is 0 Å². The number of hydrogen-bond acceptors (Lipinski definition) is 3. The number of carboxylic acids is 1. The summed E-state index contributed by atoms with van der Waals surface area (Å²) in [4.78, 5) is 13.6. The Kier molecular flexibility index (Phi) is 5.17. The van der Waals surface area contributed by atoms with Gasteiger partial charge in [-0.25, -0.2) is 0 Å². The normalized spacial score (nSPS) is 30.7. The van der Waals surface area contributed by atoms with Crippen LogP contribution in [0, 0.1) is 5.92 Å². The lowest BCUT2D eigenvalue weighted by atomic mass is 9.79. The van der Waals surface area contributed by atoms with E-state index in [2.05, 4.69) is 32.7 Å². The lowest BCUT2D eigenvalue weighted by Crippen LogP contribution is -2.56. The highest BCUT2D eigenvalue weighted by Gasteiger charge is 2.41. The van der Waals surface area contributed by atoms with E-state index in [4.69, 9.17) is 5.73 Å². The zero-order valence-electron chi connectivity index (χ0n) is 12.1. The summed E-state index contributed by atoms with van der Waals surface area (Å²) in [6, 6.07) is 0.778. The van der Waals surface area contributed by atoms with Gasteiger partial charge in [-0.2, -0.15) is 0 Å². The number of hydrogen-bond donors (Lipinski definition) is 2. The average Bonchev–Trinajstić information content (AvgIpc) is 2.27. The Balaban J connectivity index is 2.63. The predicted molar refractivity (Wildman–Crippen MR) is 73.5 cm³/mol. The van der Waals surface area contributed by atoms with Gasteiger partial charge in [0.25, 0.3) is 0 Å². The molecule has 1 aliphatic rings. The Morgan fingerprint density at radius 3 is 2.61 bits per heavy atom. The molecule has 3 unspecified atom stereocenters. The SMILES string of the molecule is CC(C)CC(C)N(C)C1CCCC(N)(C(=O)O)C1. The van der Waals surface area contributed by atoms with Crippen molar-refractivity contribution in [1.82, 2.24) is 4.90 Å². The molecule has 0 amide bonds. The minimum Gasteiger partial charge on any atom is -0.480 e. The Labute approximate surface area is 111 Å². The molecular weight excluding hydrogens is 228 g/mol. The summed E-state index contributed by atoms with van der Waals surface area (Å²) in [5.41, 5.74) is 4.99. The maximum Gasteiger partial charge on any atom is 0.323 e. The zero-order valence-corrected chi connectivity index (χ0v) is 12.1. The van der Waals surface area contributed by atoms with Crippen molar-refractivity contribution in [3.63, 3.8) is 0 Å². The standard InChI is InChI=1S/C14H28N2O2/c1-10(2)8-11(3)16(4)12-6-5-7-14(15,9-12)13(17)18/h10-12H,5-9,15H2,1-4H3,(H,17,18). The van der Waals surface area contributed by atoms with Crippen LogP contribution in [0.3, 0.4) is 0 Å². The first-order chi connectivity index (χ1) is 8.26. The van der Waals surface area contributed by atoms with Gasteiger partial charge in [0.2, 0.25) is 0 Å². The Morgan fingerprint density at radius 2 is 2.11 bits per heavy atom. The van der Waals surface area contributed by atoms with Crippen molar-refractivity contribution in [2.24, 2.45) is 11.7 Å². The van der Waals surface area contributed by atoms with E-state index in [1.54, 1.807) is 0 Å². The Morgan fingerprint density at radius 1 is 1.50 bits per heavy atom. The second-order valence-electron chi connectivity index (χ2n) is 6.36. The fraction of sp³-hybridized carbons (Fsp3) is 0.929. The minimum atomic E-state index is -1.02. The van der Waals surface area contributed by atoms with E-state index >= 15 is 0 Å². The van der Waals surface area contributed by atoms with E-state index in [9.17, 15) is 9.90 Å². The molecule has 0 spiro atoms. The van der Waals surface area contributed by atoms with Crippen LogP contribution in [0.25, 0.3) is 0 Å². The fourth-order valence-electron chi connectivity index (χ4n) is 3.03. The van der Waals surface area contributed by atoms with E-state index in [1.165, 1.54) is 0 Å². The molecule has 1 fully saturated rings. The molecule has 0 aliphatic heterocycles. The molecule has 0 radical (unpaired) electrons. The number of rotatable bonds is 5. The van der Waals surface area contributed by atoms with Crippen molar-refractivity contribution in [2.75, 3.05) is 7.05 Å². The van der Waals surface area contributed by atoms with Gasteiger partial charge in [-0.15, -0.1) is 0 Å². The largest absolute Gasteiger partial charge is 0.480 e. The van der Waals surface area contributed by atoms with E-state index in [0.717, 1.165) is 19.3 Å². The summed E-state index contributed by atoms with van der Waals surface area (Å²) < 4.78 is 0. The first-order valence-corrected chi connectivity index (χ1v) is 7.00. The van der Waals surface area contributed by atoms with Gasteiger partial charge in [0, 0.05) is 12.1 Å². The predicted octanol–water partition coefficient (Wildman–Crippen LogP) is 2.08. The smallest absolute Gasteiger partial charge is 0.323 e. The van der Waals surface area contributed by atoms with Gasteiger partial charge in [-0.05, 0) is 52.0 Å². The summed E-state index contributed by atoms with van der Waals surface area (Å²) in [7, 11) is 2.10. The summed E-state index contributed by atoms with van der Waals surface area (Å²) in [5.74, 6) is -0.190. The molecule has 1 saturated carbocycles. The average molecular weight is 256 g/mol. The first-order valence-electron chi connectivity index (χ1n) is 7.00. The highest BCUT2D eigenvalue weighted by molar-refractivity contribution is 5.78. The van der Waals surface area contributed by atoms with Gasteiger partial charge >= 0.3 is 5.97 Å². The van der Waals surface area contributed by atoms with Crippen molar-refractivity contribution in [3.05, 3.63) is 0 Å². The fourth-order valence-corrected chi connectivity index (χ4v) is 3.03. The van der Waals surface area contributed by atoms with Crippen molar-refractivity contribution in [3.8, 4) is 0 Å². The van der Waals surface area contributed by atoms with Crippen molar-refractivity contribution in [2.45, 2.75) is 70.5 Å². The summed E-state index contributed by atoms with van der Waals surface area (Å²) in [6.07, 6.45) is 4.28. The summed E-state index contributed by atoms with van der Waals surface area (Å²) in [5, 5.41) is 9.24. The van der Waals surface area contributed by atoms with E-state index in [1.807, 2.05) is 0 Å². The van der Waals surface area contributed by atoms with E-state index < -0.39 is 11.5 Å². The quantitative estimate of drug-likeness (QED) is 0.790. The molecule has 0 aromatic heterocycles. The van der Waals surface area contributed by atoms with Crippen LogP contribution in [-0.4, -0.2) is 40.6 Å². The highest BCUT2D eigenvalue weighted by atomic mass is 16.4. The van der Waals surface area contributed by atoms with Crippen molar-refractivity contribution < 1.29 is 9.90 Å². The zero-order chi connectivity index (χ0) is 13.9. The third-order valence-electron chi connectivity index (χ3n) is 4.27.